The molecule has 0 heterocycles. The highest BCUT2D eigenvalue weighted by atomic mass is 28.3. The third kappa shape index (κ3) is 6.11. The van der Waals surface area contributed by atoms with E-state index in [-0.39, 0.29) is 0 Å². The molecular weight excluding hydrogens is 208 g/mol. The van der Waals surface area contributed by atoms with E-state index >= 15 is 0 Å². The second-order valence-electron chi connectivity index (χ2n) is 4.42. The predicted octanol–water partition coefficient (Wildman–Crippen LogP) is 5.36. The van der Waals surface area contributed by atoms with Gasteiger partial charge in [-0.3, -0.25) is 0 Å². The predicted molar refractivity (Wildman–Crippen MR) is 79.1 cm³/mol. The molecule has 0 aromatic rings. The van der Waals surface area contributed by atoms with Crippen molar-refractivity contribution in [2.45, 2.75) is 59.4 Å². The SMILES string of the molecule is CC=C[Si](C=CC)(C=CC)CCCCCC. The molecular formula is C15H28Si. The van der Waals surface area contributed by atoms with Crippen molar-refractivity contribution in [3.63, 3.8) is 0 Å². The van der Waals surface area contributed by atoms with Gasteiger partial charge in [-0.2, -0.15) is 0 Å². The molecule has 92 valence electrons. The Kier molecular flexibility index (Phi) is 9.31. The quantitative estimate of drug-likeness (QED) is 0.393. The fraction of sp³-hybridized carbons (Fsp3) is 0.600. The zero-order valence-corrected chi connectivity index (χ0v) is 12.5. The van der Waals surface area contributed by atoms with Crippen LogP contribution in [0.1, 0.15) is 53.4 Å². The molecule has 0 aliphatic carbocycles. The summed E-state index contributed by atoms with van der Waals surface area (Å²) >= 11 is 0. The molecule has 16 heavy (non-hydrogen) atoms. The fourth-order valence-corrected chi connectivity index (χ4v) is 5.76. The van der Waals surface area contributed by atoms with Gasteiger partial charge in [0.1, 0.15) is 8.07 Å². The summed E-state index contributed by atoms with van der Waals surface area (Å²) in [5, 5.41) is 0. The van der Waals surface area contributed by atoms with Crippen molar-refractivity contribution in [2.24, 2.45) is 0 Å². The van der Waals surface area contributed by atoms with E-state index in [1.165, 1.54) is 31.7 Å². The van der Waals surface area contributed by atoms with Crippen molar-refractivity contribution in [1.82, 2.24) is 0 Å². The van der Waals surface area contributed by atoms with Gasteiger partial charge in [0.05, 0.1) is 0 Å². The zero-order chi connectivity index (χ0) is 12.3. The summed E-state index contributed by atoms with van der Waals surface area (Å²) < 4.78 is 0. The molecule has 0 fully saturated rings. The molecule has 0 bridgehead atoms. The molecule has 1 heteroatoms. The van der Waals surface area contributed by atoms with Crippen LogP contribution in [0.15, 0.2) is 35.3 Å². The third-order valence-electron chi connectivity index (χ3n) is 2.89. The summed E-state index contributed by atoms with van der Waals surface area (Å²) in [6, 6.07) is 1.37. The van der Waals surface area contributed by atoms with Gasteiger partial charge in [0, 0.05) is 0 Å². The second-order valence-corrected chi connectivity index (χ2v) is 8.15. The number of unbranched alkanes of at least 4 members (excludes halogenated alkanes) is 3. The van der Waals surface area contributed by atoms with Crippen LogP contribution in [0.4, 0.5) is 0 Å². The first-order chi connectivity index (χ1) is 7.74. The highest BCUT2D eigenvalue weighted by Crippen LogP contribution is 2.20. The fourth-order valence-electron chi connectivity index (χ4n) is 2.21. The lowest BCUT2D eigenvalue weighted by Crippen LogP contribution is -2.27. The van der Waals surface area contributed by atoms with Gasteiger partial charge in [0.2, 0.25) is 0 Å². The summed E-state index contributed by atoms with van der Waals surface area (Å²) in [6.07, 6.45) is 12.2. The van der Waals surface area contributed by atoms with E-state index in [1.807, 2.05) is 0 Å². The van der Waals surface area contributed by atoms with Crippen LogP contribution in [0.5, 0.6) is 0 Å². The zero-order valence-electron chi connectivity index (χ0n) is 11.5. The van der Waals surface area contributed by atoms with Gasteiger partial charge in [-0.15, -0.1) is 0 Å². The lowest BCUT2D eigenvalue weighted by Gasteiger charge is -2.20. The standard InChI is InChI=1S/C15H28Si/c1-5-9-10-11-15-16(12-6-2,13-7-3)14-8-4/h6-8,12-14H,5,9-11,15H2,1-4H3. The topological polar surface area (TPSA) is 0 Å². The lowest BCUT2D eigenvalue weighted by molar-refractivity contribution is 0.698. The first-order valence-corrected chi connectivity index (χ1v) is 9.10. The Hall–Kier alpha value is -0.563. The van der Waals surface area contributed by atoms with Gasteiger partial charge in [-0.1, -0.05) is 67.9 Å². The Morgan fingerprint density at radius 1 is 0.750 bits per heavy atom. The van der Waals surface area contributed by atoms with E-state index in [4.69, 9.17) is 0 Å². The molecule has 0 aromatic carbocycles. The first-order valence-electron chi connectivity index (χ1n) is 6.66. The summed E-state index contributed by atoms with van der Waals surface area (Å²) in [6.45, 7) is 8.69. The van der Waals surface area contributed by atoms with Gasteiger partial charge in [0.15, 0.2) is 0 Å². The van der Waals surface area contributed by atoms with Gasteiger partial charge < -0.3 is 0 Å². The summed E-state index contributed by atoms with van der Waals surface area (Å²) in [7, 11) is -1.39. The molecule has 0 amide bonds. The van der Waals surface area contributed by atoms with Gasteiger partial charge in [-0.25, -0.2) is 0 Å². The summed E-state index contributed by atoms with van der Waals surface area (Å²) in [5.41, 5.74) is 7.37. The maximum Gasteiger partial charge on any atom is 0.125 e. The van der Waals surface area contributed by atoms with Crippen molar-refractivity contribution >= 4 is 8.07 Å². The molecule has 0 saturated heterocycles. The van der Waals surface area contributed by atoms with Crippen LogP contribution < -0.4 is 0 Å². The molecule has 0 atom stereocenters. The van der Waals surface area contributed by atoms with Crippen LogP contribution in [-0.4, -0.2) is 8.07 Å². The highest BCUT2D eigenvalue weighted by Gasteiger charge is 2.21. The van der Waals surface area contributed by atoms with Crippen LogP contribution in [-0.2, 0) is 0 Å². The summed E-state index contributed by atoms with van der Waals surface area (Å²) in [5.74, 6) is 0. The minimum absolute atomic E-state index is 1.32. The molecule has 0 aliphatic rings. The molecule has 0 radical (unpaired) electrons. The number of allylic oxidation sites excluding steroid dienone is 3. The van der Waals surface area contributed by atoms with E-state index in [0.29, 0.717) is 0 Å². The largest absolute Gasteiger partial charge is 0.125 e. The Morgan fingerprint density at radius 2 is 1.25 bits per heavy atom. The maximum absolute atomic E-state index is 2.46. The van der Waals surface area contributed by atoms with Gasteiger partial charge >= 0.3 is 0 Å². The Labute approximate surface area is 103 Å². The average Bonchev–Trinajstić information content (AvgIpc) is 2.26. The van der Waals surface area contributed by atoms with Crippen molar-refractivity contribution in [1.29, 1.82) is 0 Å². The first kappa shape index (κ1) is 15.4. The number of rotatable bonds is 8. The monoisotopic (exact) mass is 236 g/mol. The van der Waals surface area contributed by atoms with Crippen LogP contribution in [0.2, 0.25) is 6.04 Å². The normalized spacial score (nSPS) is 16.5. The van der Waals surface area contributed by atoms with Crippen molar-refractivity contribution in [3.8, 4) is 0 Å². The van der Waals surface area contributed by atoms with Crippen molar-refractivity contribution in [3.05, 3.63) is 35.3 Å². The molecule has 0 unspecified atom stereocenters. The van der Waals surface area contributed by atoms with Crippen LogP contribution in [0.3, 0.4) is 0 Å². The van der Waals surface area contributed by atoms with E-state index in [9.17, 15) is 0 Å². The summed E-state index contributed by atoms with van der Waals surface area (Å²) in [4.78, 5) is 0. The second kappa shape index (κ2) is 9.65. The van der Waals surface area contributed by atoms with Crippen LogP contribution in [0.25, 0.3) is 0 Å². The van der Waals surface area contributed by atoms with E-state index < -0.39 is 8.07 Å². The minimum atomic E-state index is -1.39. The Morgan fingerprint density at radius 3 is 1.62 bits per heavy atom. The Bertz CT molecular complexity index is 205. The van der Waals surface area contributed by atoms with Gasteiger partial charge in [-0.05, 0) is 26.8 Å². The molecule has 0 aliphatic heterocycles. The lowest BCUT2D eigenvalue weighted by atomic mass is 10.2. The minimum Gasteiger partial charge on any atom is -0.0949 e. The highest BCUT2D eigenvalue weighted by molar-refractivity contribution is 6.93. The smallest absolute Gasteiger partial charge is 0.0949 e. The van der Waals surface area contributed by atoms with E-state index in [1.54, 1.807) is 0 Å². The van der Waals surface area contributed by atoms with Crippen molar-refractivity contribution < 1.29 is 0 Å². The van der Waals surface area contributed by atoms with Crippen molar-refractivity contribution in [2.75, 3.05) is 0 Å². The van der Waals surface area contributed by atoms with E-state index in [0.717, 1.165) is 0 Å². The molecule has 0 rings (SSSR count). The van der Waals surface area contributed by atoms with Crippen LogP contribution >= 0.6 is 0 Å². The van der Waals surface area contributed by atoms with Crippen LogP contribution in [0, 0.1) is 0 Å². The molecule has 0 nitrogen and oxygen atoms in total. The molecule has 0 aromatic heterocycles. The maximum atomic E-state index is 2.46. The average molecular weight is 236 g/mol. The number of hydrogen-bond donors (Lipinski definition) is 0. The van der Waals surface area contributed by atoms with E-state index in [2.05, 4.69) is 63.0 Å². The third-order valence-corrected chi connectivity index (χ3v) is 6.98. The van der Waals surface area contributed by atoms with Gasteiger partial charge in [0.25, 0.3) is 0 Å². The number of hydrogen-bond acceptors (Lipinski definition) is 0. The molecule has 0 saturated carbocycles. The Balaban J connectivity index is 4.49. The molecule has 0 N–H and O–H groups in total. The molecule has 0 spiro atoms.